The molecule has 13 heteroatoms. The van der Waals surface area contributed by atoms with Crippen molar-refractivity contribution >= 4 is 23.2 Å². The molecule has 0 aliphatic carbocycles. The van der Waals surface area contributed by atoms with Crippen LogP contribution in [0.3, 0.4) is 0 Å². The molecule has 182 valence electrons. The van der Waals surface area contributed by atoms with Gasteiger partial charge in [0.2, 0.25) is 29.1 Å². The number of carbonyl (C=O) groups is 1. The van der Waals surface area contributed by atoms with Crippen molar-refractivity contribution in [1.29, 1.82) is 0 Å². The van der Waals surface area contributed by atoms with Gasteiger partial charge >= 0.3 is 0 Å². The van der Waals surface area contributed by atoms with Crippen molar-refractivity contribution in [3.63, 3.8) is 0 Å². The first-order valence-electron chi connectivity index (χ1n) is 9.68. The lowest BCUT2D eigenvalue weighted by molar-refractivity contribution is 0.0992. The summed E-state index contributed by atoms with van der Waals surface area (Å²) in [5, 5.41) is 7.06. The van der Waals surface area contributed by atoms with E-state index in [1.165, 1.54) is 29.2 Å². The predicted molar refractivity (Wildman–Crippen MR) is 112 cm³/mol. The molecule has 0 fully saturated rings. The van der Waals surface area contributed by atoms with Crippen LogP contribution < -0.4 is 14.8 Å². The summed E-state index contributed by atoms with van der Waals surface area (Å²) in [5.74, 6) is -12.8. The van der Waals surface area contributed by atoms with Crippen LogP contribution in [0.1, 0.15) is 16.3 Å². The van der Waals surface area contributed by atoms with Gasteiger partial charge in [0.25, 0.3) is 5.91 Å². The SMILES string of the molecule is O=C(Nc1cnn(COc2cccc(Cl)c2)c1)c1ccc(COc2c(F)c(F)c(F)c(F)c2F)o1. The molecule has 2 aromatic carbocycles. The van der Waals surface area contributed by atoms with Gasteiger partial charge < -0.3 is 19.2 Å². The minimum atomic E-state index is -2.30. The molecule has 1 amide bonds. The molecule has 7 nitrogen and oxygen atoms in total. The zero-order valence-corrected chi connectivity index (χ0v) is 18.1. The average molecular weight is 514 g/mol. The second-order valence-electron chi connectivity index (χ2n) is 6.91. The molecule has 0 saturated heterocycles. The van der Waals surface area contributed by atoms with Crippen molar-refractivity contribution in [3.8, 4) is 11.5 Å². The van der Waals surface area contributed by atoms with E-state index in [0.717, 1.165) is 0 Å². The average Bonchev–Trinajstić information content (AvgIpc) is 3.50. The smallest absolute Gasteiger partial charge is 0.291 e. The van der Waals surface area contributed by atoms with Gasteiger partial charge in [0, 0.05) is 5.02 Å². The maximum atomic E-state index is 13.7. The topological polar surface area (TPSA) is 78.5 Å². The number of nitrogens with one attached hydrogen (secondary N) is 1. The number of anilines is 1. The number of amides is 1. The normalized spacial score (nSPS) is 10.9. The van der Waals surface area contributed by atoms with Crippen LogP contribution in [0.25, 0.3) is 0 Å². The summed E-state index contributed by atoms with van der Waals surface area (Å²) in [5.41, 5.74) is 0.306. The Morgan fingerprint density at radius 1 is 1.00 bits per heavy atom. The molecular formula is C22H13ClF5N3O4. The van der Waals surface area contributed by atoms with Crippen molar-refractivity contribution in [1.82, 2.24) is 9.78 Å². The van der Waals surface area contributed by atoms with Crippen LogP contribution in [-0.4, -0.2) is 15.7 Å². The molecule has 0 aliphatic heterocycles. The van der Waals surface area contributed by atoms with E-state index in [2.05, 4.69) is 10.4 Å². The fourth-order valence-electron chi connectivity index (χ4n) is 2.82. The Balaban J connectivity index is 1.35. The number of furan rings is 1. The van der Waals surface area contributed by atoms with Crippen molar-refractivity contribution in [2.45, 2.75) is 13.3 Å². The van der Waals surface area contributed by atoms with Gasteiger partial charge in [0.15, 0.2) is 18.2 Å². The molecule has 4 aromatic rings. The van der Waals surface area contributed by atoms with E-state index in [9.17, 15) is 26.7 Å². The van der Waals surface area contributed by atoms with Gasteiger partial charge in [0.05, 0.1) is 18.1 Å². The number of aromatic nitrogens is 2. The minimum Gasteiger partial charge on any atom is -0.479 e. The van der Waals surface area contributed by atoms with Crippen LogP contribution >= 0.6 is 11.6 Å². The van der Waals surface area contributed by atoms with Crippen molar-refractivity contribution in [2.24, 2.45) is 0 Å². The highest BCUT2D eigenvalue weighted by molar-refractivity contribution is 6.30. The van der Waals surface area contributed by atoms with E-state index in [4.69, 9.17) is 25.5 Å². The van der Waals surface area contributed by atoms with Crippen LogP contribution in [0.4, 0.5) is 27.6 Å². The van der Waals surface area contributed by atoms with Gasteiger partial charge in [-0.05, 0) is 30.3 Å². The Labute approximate surface area is 198 Å². The van der Waals surface area contributed by atoms with Crippen LogP contribution in [0, 0.1) is 29.1 Å². The summed E-state index contributed by atoms with van der Waals surface area (Å²) >= 11 is 5.89. The number of benzene rings is 2. The summed E-state index contributed by atoms with van der Waals surface area (Å²) in [6.45, 7) is -0.666. The summed E-state index contributed by atoms with van der Waals surface area (Å²) in [4.78, 5) is 12.4. The van der Waals surface area contributed by atoms with Crippen LogP contribution in [-0.2, 0) is 13.3 Å². The van der Waals surface area contributed by atoms with E-state index >= 15 is 0 Å². The molecule has 2 aromatic heterocycles. The Hall–Kier alpha value is -4.06. The zero-order valence-electron chi connectivity index (χ0n) is 17.3. The molecule has 0 saturated carbocycles. The lowest BCUT2D eigenvalue weighted by Gasteiger charge is -2.09. The van der Waals surface area contributed by atoms with Crippen LogP contribution in [0.5, 0.6) is 11.5 Å². The third kappa shape index (κ3) is 5.38. The highest BCUT2D eigenvalue weighted by Gasteiger charge is 2.27. The van der Waals surface area contributed by atoms with Gasteiger partial charge in [0.1, 0.15) is 18.1 Å². The number of rotatable bonds is 8. The largest absolute Gasteiger partial charge is 0.479 e. The molecule has 0 radical (unpaired) electrons. The fraction of sp³-hybridized carbons (Fsp3) is 0.0909. The molecular weight excluding hydrogens is 501 g/mol. The number of halogens is 6. The van der Waals surface area contributed by atoms with Crippen LogP contribution in [0.15, 0.2) is 53.2 Å². The molecule has 0 spiro atoms. The minimum absolute atomic E-state index is 0.0378. The Morgan fingerprint density at radius 3 is 2.43 bits per heavy atom. The highest BCUT2D eigenvalue weighted by atomic mass is 35.5. The van der Waals surface area contributed by atoms with Gasteiger partial charge in [-0.3, -0.25) is 4.79 Å². The first-order chi connectivity index (χ1) is 16.7. The first-order valence-corrected chi connectivity index (χ1v) is 10.1. The van der Waals surface area contributed by atoms with Crippen LogP contribution in [0.2, 0.25) is 5.02 Å². The molecule has 0 aliphatic rings. The maximum absolute atomic E-state index is 13.7. The molecule has 2 heterocycles. The summed E-state index contributed by atoms with van der Waals surface area (Å²) in [6, 6.07) is 9.22. The number of carbonyl (C=O) groups excluding carboxylic acids is 1. The monoisotopic (exact) mass is 513 g/mol. The maximum Gasteiger partial charge on any atom is 0.291 e. The Bertz CT molecular complexity index is 1360. The molecule has 0 bridgehead atoms. The molecule has 0 unspecified atom stereocenters. The van der Waals surface area contributed by atoms with Gasteiger partial charge in [-0.15, -0.1) is 0 Å². The number of ether oxygens (including phenoxy) is 2. The number of hydrogen-bond acceptors (Lipinski definition) is 5. The Kier molecular flexibility index (Phi) is 6.92. The third-order valence-electron chi connectivity index (χ3n) is 4.46. The molecule has 4 rings (SSSR count). The molecule has 0 atom stereocenters. The fourth-order valence-corrected chi connectivity index (χ4v) is 3.00. The summed E-state index contributed by atoms with van der Waals surface area (Å²) in [7, 11) is 0. The van der Waals surface area contributed by atoms with Crippen molar-refractivity contribution in [3.05, 3.63) is 94.4 Å². The lowest BCUT2D eigenvalue weighted by atomic mass is 10.2. The summed E-state index contributed by atoms with van der Waals surface area (Å²) in [6.07, 6.45) is 2.84. The zero-order chi connectivity index (χ0) is 25.1. The summed E-state index contributed by atoms with van der Waals surface area (Å²) < 4.78 is 83.9. The van der Waals surface area contributed by atoms with E-state index in [1.807, 2.05) is 0 Å². The van der Waals surface area contributed by atoms with E-state index in [1.54, 1.807) is 24.3 Å². The van der Waals surface area contributed by atoms with Crippen molar-refractivity contribution < 1.29 is 40.6 Å². The molecule has 1 N–H and O–H groups in total. The second kappa shape index (κ2) is 10.1. The Morgan fingerprint density at radius 2 is 1.71 bits per heavy atom. The number of hydrogen-bond donors (Lipinski definition) is 1. The lowest BCUT2D eigenvalue weighted by Crippen LogP contribution is -2.10. The highest BCUT2D eigenvalue weighted by Crippen LogP contribution is 2.30. The third-order valence-corrected chi connectivity index (χ3v) is 4.70. The van der Waals surface area contributed by atoms with Gasteiger partial charge in [-0.25, -0.2) is 17.9 Å². The standard InChI is InChI=1S/C22H13ClF5N3O4/c23-11-2-1-3-13(6-11)34-10-31-8-12(7-29-31)30-22(32)15-5-4-14(35-15)9-33-21-19(27)17(25)16(24)18(26)20(21)28/h1-8H,9-10H2,(H,30,32). The quantitative estimate of drug-likeness (QED) is 0.186. The predicted octanol–water partition coefficient (Wildman–Crippen LogP) is 5.69. The molecule has 35 heavy (non-hydrogen) atoms. The van der Waals surface area contributed by atoms with Gasteiger partial charge in [-0.1, -0.05) is 17.7 Å². The van der Waals surface area contributed by atoms with E-state index < -0.39 is 47.3 Å². The van der Waals surface area contributed by atoms with E-state index in [-0.39, 0.29) is 18.3 Å². The van der Waals surface area contributed by atoms with E-state index in [0.29, 0.717) is 16.5 Å². The van der Waals surface area contributed by atoms with Crippen molar-refractivity contribution in [2.75, 3.05) is 5.32 Å². The van der Waals surface area contributed by atoms with Gasteiger partial charge in [-0.2, -0.15) is 13.9 Å². The second-order valence-corrected chi connectivity index (χ2v) is 7.34. The number of nitrogens with zero attached hydrogens (tertiary/aromatic N) is 2. The first kappa shape index (κ1) is 24.1.